The van der Waals surface area contributed by atoms with E-state index in [4.69, 9.17) is 0 Å². The summed E-state index contributed by atoms with van der Waals surface area (Å²) in [5, 5.41) is 2.83. The fraction of sp³-hybridized carbons (Fsp3) is 0.364. The lowest BCUT2D eigenvalue weighted by molar-refractivity contribution is -0.129. The molecule has 1 aliphatic rings. The summed E-state index contributed by atoms with van der Waals surface area (Å²) in [5.74, 6) is -0.420. The Bertz CT molecular complexity index is 786. The van der Waals surface area contributed by atoms with Gasteiger partial charge in [-0.15, -0.1) is 0 Å². The van der Waals surface area contributed by atoms with Gasteiger partial charge in [0.15, 0.2) is 0 Å². The molecule has 0 heterocycles. The molecular weight excluding hydrogens is 343 g/mol. The molecule has 0 radical (unpaired) electrons. The van der Waals surface area contributed by atoms with Gasteiger partial charge in [0.25, 0.3) is 0 Å². The monoisotopic (exact) mass is 368 g/mol. The molecule has 0 unspecified atom stereocenters. The first-order valence-electron chi connectivity index (χ1n) is 9.40. The Morgan fingerprint density at radius 1 is 0.963 bits per heavy atom. The number of hydrogen-bond donors (Lipinski definition) is 1. The number of anilines is 1. The second kappa shape index (κ2) is 8.80. The molecule has 2 aromatic rings. The van der Waals surface area contributed by atoms with Gasteiger partial charge < -0.3 is 10.2 Å². The minimum atomic E-state index is -0.309. The van der Waals surface area contributed by atoms with Crippen molar-refractivity contribution in [3.05, 3.63) is 66.0 Å². The van der Waals surface area contributed by atoms with Crippen LogP contribution in [0.1, 0.15) is 31.2 Å². The fourth-order valence-corrected chi connectivity index (χ4v) is 3.62. The zero-order chi connectivity index (χ0) is 19.2. The summed E-state index contributed by atoms with van der Waals surface area (Å²) in [6.07, 6.45) is 2.77. The van der Waals surface area contributed by atoms with Crippen molar-refractivity contribution in [2.75, 3.05) is 11.9 Å². The maximum atomic E-state index is 13.6. The molecule has 4 nitrogen and oxygen atoms in total. The number of amides is 2. The summed E-state index contributed by atoms with van der Waals surface area (Å²) in [6, 6.07) is 16.0. The second-order valence-corrected chi connectivity index (χ2v) is 7.09. The zero-order valence-corrected chi connectivity index (χ0v) is 15.5. The average Bonchev–Trinajstić information content (AvgIpc) is 2.72. The number of nitrogens with one attached hydrogen (secondary N) is 1. The van der Waals surface area contributed by atoms with Crippen molar-refractivity contribution in [3.63, 3.8) is 0 Å². The maximum Gasteiger partial charge on any atom is 0.229 e. The highest BCUT2D eigenvalue weighted by Crippen LogP contribution is 2.31. The van der Waals surface area contributed by atoms with Crippen LogP contribution in [0.3, 0.4) is 0 Å². The van der Waals surface area contributed by atoms with E-state index in [2.05, 4.69) is 5.32 Å². The Morgan fingerprint density at radius 3 is 2.22 bits per heavy atom. The Kier molecular flexibility index (Phi) is 6.22. The Morgan fingerprint density at radius 2 is 1.56 bits per heavy atom. The summed E-state index contributed by atoms with van der Waals surface area (Å²) < 4.78 is 13.6. The molecule has 0 atom stereocenters. The summed E-state index contributed by atoms with van der Waals surface area (Å²) in [6.45, 7) is 0.196. The van der Waals surface area contributed by atoms with Crippen LogP contribution in [-0.2, 0) is 16.1 Å². The molecule has 5 heteroatoms. The number of carbonyl (C=O) groups excluding carboxylic acids is 2. The Hall–Kier alpha value is -2.69. The normalized spacial score (nSPS) is 19.3. The third-order valence-electron chi connectivity index (χ3n) is 5.33. The third kappa shape index (κ3) is 4.73. The quantitative estimate of drug-likeness (QED) is 0.870. The van der Waals surface area contributed by atoms with Crippen molar-refractivity contribution in [1.82, 2.24) is 5.32 Å². The standard InChI is InChI=1S/C22H25FN2O2/c1-25(19-8-3-2-4-9-19)22(27)17-13-11-16(12-14-17)21(26)24-15-18-7-5-6-10-20(18)23/h2-10,16-17H,11-15H2,1H3,(H,24,26). The summed E-state index contributed by atoms with van der Waals surface area (Å²) in [7, 11) is 1.80. The van der Waals surface area contributed by atoms with E-state index < -0.39 is 0 Å². The van der Waals surface area contributed by atoms with Crippen LogP contribution < -0.4 is 10.2 Å². The number of carbonyl (C=O) groups is 2. The molecule has 2 amide bonds. The lowest BCUT2D eigenvalue weighted by Crippen LogP contribution is -2.38. The van der Waals surface area contributed by atoms with Gasteiger partial charge in [-0.2, -0.15) is 0 Å². The van der Waals surface area contributed by atoms with Gasteiger partial charge in [-0.1, -0.05) is 36.4 Å². The topological polar surface area (TPSA) is 49.4 Å². The van der Waals surface area contributed by atoms with E-state index in [0.717, 1.165) is 5.69 Å². The third-order valence-corrected chi connectivity index (χ3v) is 5.33. The van der Waals surface area contributed by atoms with Crippen molar-refractivity contribution >= 4 is 17.5 Å². The molecule has 0 spiro atoms. The first-order chi connectivity index (χ1) is 13.1. The van der Waals surface area contributed by atoms with E-state index >= 15 is 0 Å². The maximum absolute atomic E-state index is 13.6. The van der Waals surface area contributed by atoms with E-state index in [1.807, 2.05) is 30.3 Å². The number of rotatable bonds is 5. The van der Waals surface area contributed by atoms with Gasteiger partial charge in [0.2, 0.25) is 11.8 Å². The van der Waals surface area contributed by atoms with Crippen LogP contribution in [-0.4, -0.2) is 18.9 Å². The summed E-state index contributed by atoms with van der Waals surface area (Å²) in [5.41, 5.74) is 1.37. The van der Waals surface area contributed by atoms with E-state index in [1.165, 1.54) is 6.07 Å². The molecule has 3 rings (SSSR count). The molecule has 27 heavy (non-hydrogen) atoms. The molecule has 0 aromatic heterocycles. The van der Waals surface area contributed by atoms with Crippen molar-refractivity contribution in [3.8, 4) is 0 Å². The molecule has 2 aromatic carbocycles. The molecule has 1 fully saturated rings. The largest absolute Gasteiger partial charge is 0.352 e. The number of nitrogens with zero attached hydrogens (tertiary/aromatic N) is 1. The molecule has 1 saturated carbocycles. The van der Waals surface area contributed by atoms with E-state index in [9.17, 15) is 14.0 Å². The fourth-order valence-electron chi connectivity index (χ4n) is 3.62. The van der Waals surface area contributed by atoms with Gasteiger partial charge in [-0.3, -0.25) is 9.59 Å². The van der Waals surface area contributed by atoms with Crippen molar-refractivity contribution in [2.24, 2.45) is 11.8 Å². The van der Waals surface area contributed by atoms with Gasteiger partial charge in [0, 0.05) is 36.7 Å². The van der Waals surface area contributed by atoms with Crippen molar-refractivity contribution < 1.29 is 14.0 Å². The summed E-state index contributed by atoms with van der Waals surface area (Å²) in [4.78, 5) is 26.8. The second-order valence-electron chi connectivity index (χ2n) is 7.09. The predicted molar refractivity (Wildman–Crippen MR) is 104 cm³/mol. The molecule has 0 aliphatic heterocycles. The minimum Gasteiger partial charge on any atom is -0.352 e. The van der Waals surface area contributed by atoms with Crippen LogP contribution in [0.2, 0.25) is 0 Å². The molecular formula is C22H25FN2O2. The lowest BCUT2D eigenvalue weighted by Gasteiger charge is -2.30. The van der Waals surface area contributed by atoms with Crippen LogP contribution in [0.4, 0.5) is 10.1 Å². The van der Waals surface area contributed by atoms with Crippen molar-refractivity contribution in [2.45, 2.75) is 32.2 Å². The van der Waals surface area contributed by atoms with Crippen LogP contribution in [0.25, 0.3) is 0 Å². The highest BCUT2D eigenvalue weighted by Gasteiger charge is 2.31. The first-order valence-corrected chi connectivity index (χ1v) is 9.40. The molecule has 142 valence electrons. The Labute approximate surface area is 159 Å². The van der Waals surface area contributed by atoms with Crippen LogP contribution >= 0.6 is 0 Å². The van der Waals surface area contributed by atoms with E-state index in [0.29, 0.717) is 31.2 Å². The van der Waals surface area contributed by atoms with Gasteiger partial charge in [-0.05, 0) is 43.9 Å². The number of hydrogen-bond acceptors (Lipinski definition) is 2. The van der Waals surface area contributed by atoms with Gasteiger partial charge in [0.1, 0.15) is 5.82 Å². The lowest BCUT2D eigenvalue weighted by atomic mass is 9.81. The van der Waals surface area contributed by atoms with Gasteiger partial charge in [0.05, 0.1) is 0 Å². The zero-order valence-electron chi connectivity index (χ0n) is 15.5. The van der Waals surface area contributed by atoms with Crippen LogP contribution in [0.15, 0.2) is 54.6 Å². The number of halogens is 1. The van der Waals surface area contributed by atoms with E-state index in [-0.39, 0.29) is 36.0 Å². The SMILES string of the molecule is CN(C(=O)C1CCC(C(=O)NCc2ccccc2F)CC1)c1ccccc1. The minimum absolute atomic E-state index is 0.0502. The first kappa shape index (κ1) is 19.1. The van der Waals surface area contributed by atoms with Crippen LogP contribution in [0, 0.1) is 17.7 Å². The van der Waals surface area contributed by atoms with Gasteiger partial charge in [-0.25, -0.2) is 4.39 Å². The predicted octanol–water partition coefficient (Wildman–Crippen LogP) is 3.91. The highest BCUT2D eigenvalue weighted by molar-refractivity contribution is 5.94. The van der Waals surface area contributed by atoms with Crippen LogP contribution in [0.5, 0.6) is 0 Å². The van der Waals surface area contributed by atoms with Gasteiger partial charge >= 0.3 is 0 Å². The molecule has 1 aliphatic carbocycles. The summed E-state index contributed by atoms with van der Waals surface area (Å²) >= 11 is 0. The average molecular weight is 368 g/mol. The van der Waals surface area contributed by atoms with Crippen molar-refractivity contribution in [1.29, 1.82) is 0 Å². The molecule has 0 saturated heterocycles. The highest BCUT2D eigenvalue weighted by atomic mass is 19.1. The smallest absolute Gasteiger partial charge is 0.229 e. The molecule has 1 N–H and O–H groups in total. The van der Waals surface area contributed by atoms with E-state index in [1.54, 1.807) is 30.1 Å². The Balaban J connectivity index is 1.49. The molecule has 0 bridgehead atoms. The number of benzene rings is 2. The number of para-hydroxylation sites is 1.